The minimum absolute atomic E-state index is 0.680. The van der Waals surface area contributed by atoms with Crippen molar-refractivity contribution < 1.29 is 0 Å². The summed E-state index contributed by atoms with van der Waals surface area (Å²) in [6, 6.07) is 10.4. The highest BCUT2D eigenvalue weighted by atomic mass is 32.2. The normalized spacial score (nSPS) is 23.6. The lowest BCUT2D eigenvalue weighted by Gasteiger charge is -2.37. The zero-order chi connectivity index (χ0) is 16.2. The smallest absolute Gasteiger partial charge is 0.0411 e. The third-order valence-corrected chi connectivity index (χ3v) is 6.70. The molecule has 2 heterocycles. The van der Waals surface area contributed by atoms with Crippen LogP contribution in [0.15, 0.2) is 24.3 Å². The van der Waals surface area contributed by atoms with Crippen molar-refractivity contribution in [2.24, 2.45) is 0 Å². The van der Waals surface area contributed by atoms with Gasteiger partial charge in [0.2, 0.25) is 0 Å². The maximum atomic E-state index is 2.56. The van der Waals surface area contributed by atoms with Crippen LogP contribution in [0.3, 0.4) is 0 Å². The number of hydrogen-bond donors (Lipinski definition) is 0. The first-order chi connectivity index (χ1) is 11.1. The van der Waals surface area contributed by atoms with Crippen molar-refractivity contribution in [3.63, 3.8) is 0 Å². The quantitative estimate of drug-likeness (QED) is 0.818. The molecule has 0 saturated carbocycles. The molecule has 1 aromatic carbocycles. The van der Waals surface area contributed by atoms with Gasteiger partial charge in [0.25, 0.3) is 0 Å². The summed E-state index contributed by atoms with van der Waals surface area (Å²) in [5, 5.41) is 0. The van der Waals surface area contributed by atoms with E-state index in [1.165, 1.54) is 55.1 Å². The molecule has 2 fully saturated rings. The second kappa shape index (κ2) is 7.91. The molecule has 1 atom stereocenters. The van der Waals surface area contributed by atoms with Crippen LogP contribution in [-0.2, 0) is 6.54 Å². The lowest BCUT2D eigenvalue weighted by Crippen LogP contribution is -2.42. The Bertz CT molecular complexity index is 493. The number of rotatable bonds is 5. The minimum atomic E-state index is 0.680. The summed E-state index contributed by atoms with van der Waals surface area (Å²) in [4.78, 5) is 7.54. The van der Waals surface area contributed by atoms with Crippen molar-refractivity contribution in [3.8, 4) is 0 Å². The Labute approximate surface area is 146 Å². The highest BCUT2D eigenvalue weighted by Crippen LogP contribution is 2.28. The fourth-order valence-corrected chi connectivity index (χ4v) is 5.13. The van der Waals surface area contributed by atoms with Crippen molar-refractivity contribution in [3.05, 3.63) is 29.8 Å². The van der Waals surface area contributed by atoms with Crippen LogP contribution in [0.1, 0.15) is 24.8 Å². The summed E-state index contributed by atoms with van der Waals surface area (Å²) >= 11 is 2.10. The monoisotopic (exact) mass is 333 g/mol. The molecule has 0 aromatic heterocycles. The molecule has 1 aromatic rings. The predicted octanol–water partition coefficient (Wildman–Crippen LogP) is 3.15. The summed E-state index contributed by atoms with van der Waals surface area (Å²) in [6.07, 6.45) is 3.89. The topological polar surface area (TPSA) is 9.72 Å². The van der Waals surface area contributed by atoms with Crippen LogP contribution in [-0.4, -0.2) is 67.6 Å². The van der Waals surface area contributed by atoms with E-state index in [1.54, 1.807) is 0 Å². The number of hydrogen-bond acceptors (Lipinski definition) is 4. The number of benzene rings is 1. The Morgan fingerprint density at radius 1 is 1.09 bits per heavy atom. The van der Waals surface area contributed by atoms with Crippen LogP contribution in [0, 0.1) is 0 Å². The molecule has 0 radical (unpaired) electrons. The molecule has 128 valence electrons. The third-order valence-electron chi connectivity index (χ3n) is 5.56. The highest BCUT2D eigenvalue weighted by Gasteiger charge is 2.24. The van der Waals surface area contributed by atoms with E-state index in [4.69, 9.17) is 0 Å². The van der Waals surface area contributed by atoms with Crippen molar-refractivity contribution in [2.45, 2.75) is 37.9 Å². The first-order valence-corrected chi connectivity index (χ1v) is 10.1. The van der Waals surface area contributed by atoms with Crippen molar-refractivity contribution in [1.29, 1.82) is 0 Å². The van der Waals surface area contributed by atoms with Crippen molar-refractivity contribution >= 4 is 17.4 Å². The standard InChI is InChI=1S/C19H31N3S/c1-20-11-8-17(9-12-20)22(3)19-7-5-4-6-16(19)14-21(2)18-10-13-23-15-18/h4-7,17-18H,8-15H2,1-3H3/t18-/m1/s1. The van der Waals surface area contributed by atoms with Gasteiger partial charge in [-0.2, -0.15) is 11.8 Å². The Balaban J connectivity index is 1.69. The van der Waals surface area contributed by atoms with Gasteiger partial charge in [0.15, 0.2) is 0 Å². The summed E-state index contributed by atoms with van der Waals surface area (Å²) in [5.41, 5.74) is 2.91. The Kier molecular flexibility index (Phi) is 5.89. The second-order valence-corrected chi connectivity index (χ2v) is 8.36. The number of thioether (sulfide) groups is 1. The molecule has 0 spiro atoms. The Hall–Kier alpha value is -0.710. The molecule has 0 N–H and O–H groups in total. The van der Waals surface area contributed by atoms with Crippen LogP contribution in [0.4, 0.5) is 5.69 Å². The zero-order valence-electron chi connectivity index (χ0n) is 14.9. The molecule has 3 rings (SSSR count). The molecule has 23 heavy (non-hydrogen) atoms. The summed E-state index contributed by atoms with van der Waals surface area (Å²) < 4.78 is 0. The average Bonchev–Trinajstić information content (AvgIpc) is 3.10. The summed E-state index contributed by atoms with van der Waals surface area (Å²) in [6.45, 7) is 3.51. The van der Waals surface area contributed by atoms with Crippen LogP contribution >= 0.6 is 11.8 Å². The molecule has 2 aliphatic rings. The van der Waals surface area contributed by atoms with E-state index >= 15 is 0 Å². The van der Waals surface area contributed by atoms with Gasteiger partial charge >= 0.3 is 0 Å². The second-order valence-electron chi connectivity index (χ2n) is 7.21. The first kappa shape index (κ1) is 17.1. The number of piperidine rings is 1. The fraction of sp³-hybridized carbons (Fsp3) is 0.684. The SMILES string of the molecule is CN1CCC(N(C)c2ccccc2CN(C)[C@@H]2CCSC2)CC1. The zero-order valence-corrected chi connectivity index (χ0v) is 15.7. The van der Waals surface area contributed by atoms with E-state index in [0.29, 0.717) is 6.04 Å². The molecular weight excluding hydrogens is 302 g/mol. The van der Waals surface area contributed by atoms with Gasteiger partial charge in [0, 0.05) is 37.1 Å². The van der Waals surface area contributed by atoms with E-state index < -0.39 is 0 Å². The van der Waals surface area contributed by atoms with Gasteiger partial charge in [-0.05, 0) is 63.8 Å². The average molecular weight is 334 g/mol. The van der Waals surface area contributed by atoms with Gasteiger partial charge in [-0.25, -0.2) is 0 Å². The molecule has 2 aliphatic heterocycles. The molecule has 2 saturated heterocycles. The van der Waals surface area contributed by atoms with E-state index in [0.717, 1.165) is 12.6 Å². The maximum absolute atomic E-state index is 2.56. The molecule has 0 aliphatic carbocycles. The van der Waals surface area contributed by atoms with Crippen LogP contribution in [0.25, 0.3) is 0 Å². The van der Waals surface area contributed by atoms with Gasteiger partial charge in [-0.15, -0.1) is 0 Å². The van der Waals surface area contributed by atoms with Crippen LogP contribution in [0.2, 0.25) is 0 Å². The molecule has 4 heteroatoms. The van der Waals surface area contributed by atoms with E-state index in [1.807, 2.05) is 0 Å². The molecule has 0 amide bonds. The van der Waals surface area contributed by atoms with Crippen LogP contribution in [0.5, 0.6) is 0 Å². The van der Waals surface area contributed by atoms with Gasteiger partial charge in [-0.3, -0.25) is 4.90 Å². The van der Waals surface area contributed by atoms with E-state index in [2.05, 4.69) is 71.9 Å². The number of para-hydroxylation sites is 1. The van der Waals surface area contributed by atoms with Crippen LogP contribution < -0.4 is 4.90 Å². The highest BCUT2D eigenvalue weighted by molar-refractivity contribution is 7.99. The lowest BCUT2D eigenvalue weighted by atomic mass is 10.0. The van der Waals surface area contributed by atoms with Gasteiger partial charge in [0.1, 0.15) is 0 Å². The molecule has 0 bridgehead atoms. The predicted molar refractivity (Wildman–Crippen MR) is 103 cm³/mol. The van der Waals surface area contributed by atoms with Gasteiger partial charge < -0.3 is 9.80 Å². The largest absolute Gasteiger partial charge is 0.371 e. The fourth-order valence-electron chi connectivity index (χ4n) is 3.84. The van der Waals surface area contributed by atoms with Gasteiger partial charge in [-0.1, -0.05) is 18.2 Å². The summed E-state index contributed by atoms with van der Waals surface area (Å²) in [5.74, 6) is 2.62. The molecule has 3 nitrogen and oxygen atoms in total. The third kappa shape index (κ3) is 4.23. The van der Waals surface area contributed by atoms with Crippen molar-refractivity contribution in [1.82, 2.24) is 9.80 Å². The Morgan fingerprint density at radius 2 is 1.83 bits per heavy atom. The number of likely N-dealkylation sites (tertiary alicyclic amines) is 1. The van der Waals surface area contributed by atoms with E-state index in [9.17, 15) is 0 Å². The molecule has 0 unspecified atom stereocenters. The van der Waals surface area contributed by atoms with E-state index in [-0.39, 0.29) is 0 Å². The van der Waals surface area contributed by atoms with Crippen molar-refractivity contribution in [2.75, 3.05) is 50.6 Å². The lowest BCUT2D eigenvalue weighted by molar-refractivity contribution is 0.249. The molecular formula is C19H31N3S. The number of anilines is 1. The Morgan fingerprint density at radius 3 is 2.52 bits per heavy atom. The number of nitrogens with zero attached hydrogens (tertiary/aromatic N) is 3. The summed E-state index contributed by atoms with van der Waals surface area (Å²) in [7, 11) is 6.82. The minimum Gasteiger partial charge on any atom is -0.371 e. The maximum Gasteiger partial charge on any atom is 0.0411 e. The van der Waals surface area contributed by atoms with Gasteiger partial charge in [0.05, 0.1) is 0 Å². The first-order valence-electron chi connectivity index (χ1n) is 8.92.